The van der Waals surface area contributed by atoms with Gasteiger partial charge in [-0.2, -0.15) is 0 Å². The standard InChI is InChI=1S/C10H12O2.C7H8O.C6H6O/c1-7-9(11)5-4-8-3-2-6-12-10(7)8;1-6-4-2-3-5-7(6)8;7-6-4-2-1-3-5-6/h4-5,11H,2-3,6H2,1H3;2-5,8H,1H3;1-5,7H. The summed E-state index contributed by atoms with van der Waals surface area (Å²) in [6.07, 6.45) is 2.15. The van der Waals surface area contributed by atoms with E-state index in [1.165, 1.54) is 5.56 Å². The zero-order valence-electron chi connectivity index (χ0n) is 15.7. The summed E-state index contributed by atoms with van der Waals surface area (Å²) in [5.74, 6) is 1.91. The summed E-state index contributed by atoms with van der Waals surface area (Å²) in [5.41, 5.74) is 3.01. The maximum absolute atomic E-state index is 9.40. The van der Waals surface area contributed by atoms with Gasteiger partial charge in [0.2, 0.25) is 0 Å². The Labute approximate surface area is 160 Å². The molecule has 1 aliphatic heterocycles. The van der Waals surface area contributed by atoms with E-state index in [4.69, 9.17) is 14.9 Å². The molecule has 0 spiro atoms. The van der Waals surface area contributed by atoms with Gasteiger partial charge in [0.25, 0.3) is 0 Å². The Morgan fingerprint density at radius 3 is 1.96 bits per heavy atom. The molecular weight excluding hydrogens is 340 g/mol. The monoisotopic (exact) mass is 366 g/mol. The van der Waals surface area contributed by atoms with E-state index in [1.54, 1.807) is 36.4 Å². The fraction of sp³-hybridized carbons (Fsp3) is 0.217. The fourth-order valence-electron chi connectivity index (χ4n) is 2.56. The number of aromatic hydroxyl groups is 3. The Morgan fingerprint density at radius 1 is 0.741 bits per heavy atom. The highest BCUT2D eigenvalue weighted by Crippen LogP contribution is 2.33. The van der Waals surface area contributed by atoms with Crippen LogP contribution in [0.4, 0.5) is 0 Å². The molecule has 3 N–H and O–H groups in total. The number of phenols is 3. The van der Waals surface area contributed by atoms with Crippen LogP contribution < -0.4 is 4.74 Å². The van der Waals surface area contributed by atoms with Crippen molar-refractivity contribution in [2.75, 3.05) is 6.61 Å². The number of fused-ring (bicyclic) bond motifs is 1. The third-order valence-corrected chi connectivity index (χ3v) is 4.17. The van der Waals surface area contributed by atoms with Gasteiger partial charge < -0.3 is 20.1 Å². The SMILES string of the molecule is Cc1c(O)ccc2c1OCCC2.Cc1ccccc1O.Oc1ccccc1. The quantitative estimate of drug-likeness (QED) is 0.516. The molecule has 27 heavy (non-hydrogen) atoms. The Balaban J connectivity index is 0.000000153. The zero-order chi connectivity index (χ0) is 19.6. The minimum Gasteiger partial charge on any atom is -0.508 e. The molecule has 4 rings (SSSR count). The molecular formula is C23H26O4. The van der Waals surface area contributed by atoms with Crippen LogP contribution in [0.2, 0.25) is 0 Å². The van der Waals surface area contributed by atoms with Crippen molar-refractivity contribution in [1.29, 1.82) is 0 Å². The van der Waals surface area contributed by atoms with Gasteiger partial charge in [-0.1, -0.05) is 42.5 Å². The molecule has 0 amide bonds. The number of benzene rings is 3. The summed E-state index contributed by atoms with van der Waals surface area (Å²) in [7, 11) is 0. The van der Waals surface area contributed by atoms with E-state index in [0.29, 0.717) is 17.2 Å². The molecule has 0 aromatic heterocycles. The van der Waals surface area contributed by atoms with Crippen molar-refractivity contribution in [2.45, 2.75) is 26.7 Å². The van der Waals surface area contributed by atoms with E-state index in [1.807, 2.05) is 44.2 Å². The van der Waals surface area contributed by atoms with Crippen molar-refractivity contribution in [3.05, 3.63) is 83.4 Å². The molecule has 0 aliphatic carbocycles. The van der Waals surface area contributed by atoms with Crippen LogP contribution in [0.15, 0.2) is 66.7 Å². The van der Waals surface area contributed by atoms with Crippen LogP contribution in [-0.2, 0) is 6.42 Å². The molecule has 1 heterocycles. The zero-order valence-corrected chi connectivity index (χ0v) is 15.7. The fourth-order valence-corrected chi connectivity index (χ4v) is 2.56. The molecule has 0 fully saturated rings. The molecule has 4 nitrogen and oxygen atoms in total. The Bertz CT molecular complexity index is 823. The second-order valence-corrected chi connectivity index (χ2v) is 6.27. The molecule has 0 bridgehead atoms. The van der Waals surface area contributed by atoms with Gasteiger partial charge in [0, 0.05) is 5.56 Å². The molecule has 0 saturated heterocycles. The Morgan fingerprint density at radius 2 is 1.41 bits per heavy atom. The minimum absolute atomic E-state index is 0.322. The van der Waals surface area contributed by atoms with E-state index < -0.39 is 0 Å². The highest BCUT2D eigenvalue weighted by molar-refractivity contribution is 5.49. The maximum Gasteiger partial charge on any atom is 0.129 e. The van der Waals surface area contributed by atoms with Crippen LogP contribution in [0.25, 0.3) is 0 Å². The van der Waals surface area contributed by atoms with Crippen molar-refractivity contribution in [3.63, 3.8) is 0 Å². The summed E-state index contributed by atoms with van der Waals surface area (Å²) in [6.45, 7) is 4.53. The van der Waals surface area contributed by atoms with Gasteiger partial charge in [0.1, 0.15) is 23.0 Å². The summed E-state index contributed by atoms with van der Waals surface area (Å²) < 4.78 is 5.48. The van der Waals surface area contributed by atoms with Crippen LogP contribution in [0, 0.1) is 13.8 Å². The highest BCUT2D eigenvalue weighted by Gasteiger charge is 2.14. The van der Waals surface area contributed by atoms with Crippen molar-refractivity contribution >= 4 is 0 Å². The topological polar surface area (TPSA) is 69.9 Å². The summed E-state index contributed by atoms with van der Waals surface area (Å²) in [5, 5.41) is 26.9. The van der Waals surface area contributed by atoms with Crippen molar-refractivity contribution < 1.29 is 20.1 Å². The van der Waals surface area contributed by atoms with Crippen molar-refractivity contribution in [3.8, 4) is 23.0 Å². The van der Waals surface area contributed by atoms with Gasteiger partial charge in [-0.15, -0.1) is 0 Å². The first-order chi connectivity index (χ1) is 13.0. The first kappa shape index (κ1) is 20.2. The predicted octanol–water partition coefficient (Wildman–Crippen LogP) is 5.12. The Hall–Kier alpha value is -3.14. The number of ether oxygens (including phenoxy) is 1. The second kappa shape index (κ2) is 10.1. The van der Waals surface area contributed by atoms with Crippen LogP contribution >= 0.6 is 0 Å². The molecule has 0 radical (unpaired) electrons. The van der Waals surface area contributed by atoms with Gasteiger partial charge in [0.05, 0.1) is 6.61 Å². The van der Waals surface area contributed by atoms with E-state index in [9.17, 15) is 5.11 Å². The van der Waals surface area contributed by atoms with E-state index in [2.05, 4.69) is 0 Å². The average molecular weight is 366 g/mol. The number of hydrogen-bond donors (Lipinski definition) is 3. The first-order valence-corrected chi connectivity index (χ1v) is 8.92. The number of phenolic OH excluding ortho intramolecular Hbond substituents is 3. The third-order valence-electron chi connectivity index (χ3n) is 4.17. The smallest absolute Gasteiger partial charge is 0.129 e. The minimum atomic E-state index is 0.322. The summed E-state index contributed by atoms with van der Waals surface area (Å²) in [4.78, 5) is 0. The van der Waals surface area contributed by atoms with E-state index >= 15 is 0 Å². The van der Waals surface area contributed by atoms with Crippen molar-refractivity contribution in [1.82, 2.24) is 0 Å². The molecule has 142 valence electrons. The van der Waals surface area contributed by atoms with E-state index in [0.717, 1.165) is 36.3 Å². The van der Waals surface area contributed by atoms with Gasteiger partial charge in [0.15, 0.2) is 0 Å². The molecule has 3 aromatic carbocycles. The number of hydrogen-bond acceptors (Lipinski definition) is 4. The van der Waals surface area contributed by atoms with Gasteiger partial charge in [-0.05, 0) is 62.1 Å². The summed E-state index contributed by atoms with van der Waals surface area (Å²) in [6, 6.07) is 19.6. The van der Waals surface area contributed by atoms with Crippen LogP contribution in [-0.4, -0.2) is 21.9 Å². The van der Waals surface area contributed by atoms with Gasteiger partial charge >= 0.3 is 0 Å². The Kier molecular flexibility index (Phi) is 7.56. The van der Waals surface area contributed by atoms with Crippen LogP contribution in [0.1, 0.15) is 23.1 Å². The summed E-state index contributed by atoms with van der Waals surface area (Å²) >= 11 is 0. The number of aryl methyl sites for hydroxylation is 2. The molecule has 4 heteroatoms. The lowest BCUT2D eigenvalue weighted by atomic mass is 10.0. The van der Waals surface area contributed by atoms with E-state index in [-0.39, 0.29) is 0 Å². The average Bonchev–Trinajstić information content (AvgIpc) is 2.69. The highest BCUT2D eigenvalue weighted by atomic mass is 16.5. The van der Waals surface area contributed by atoms with Crippen LogP contribution in [0.5, 0.6) is 23.0 Å². The lowest BCUT2D eigenvalue weighted by Crippen LogP contribution is -2.09. The molecule has 3 aromatic rings. The molecule has 1 aliphatic rings. The predicted molar refractivity (Wildman–Crippen MR) is 108 cm³/mol. The lowest BCUT2D eigenvalue weighted by molar-refractivity contribution is 0.284. The molecule has 0 unspecified atom stereocenters. The lowest BCUT2D eigenvalue weighted by Gasteiger charge is -2.19. The van der Waals surface area contributed by atoms with Gasteiger partial charge in [-0.3, -0.25) is 0 Å². The number of para-hydroxylation sites is 2. The third kappa shape index (κ3) is 6.26. The first-order valence-electron chi connectivity index (χ1n) is 8.92. The molecule has 0 atom stereocenters. The van der Waals surface area contributed by atoms with Crippen molar-refractivity contribution in [2.24, 2.45) is 0 Å². The normalized spacial score (nSPS) is 11.6. The van der Waals surface area contributed by atoms with Crippen LogP contribution in [0.3, 0.4) is 0 Å². The van der Waals surface area contributed by atoms with Gasteiger partial charge in [-0.25, -0.2) is 0 Å². The largest absolute Gasteiger partial charge is 0.508 e. The number of rotatable bonds is 0. The second-order valence-electron chi connectivity index (χ2n) is 6.27. The maximum atomic E-state index is 9.40. The molecule has 0 saturated carbocycles.